The van der Waals surface area contributed by atoms with Gasteiger partial charge in [0.05, 0.1) is 13.2 Å². The molecule has 4 nitrogen and oxygen atoms in total. The molecule has 0 atom stereocenters. The number of aliphatic carboxylic acids is 1. The van der Waals surface area contributed by atoms with E-state index in [1.807, 2.05) is 31.2 Å². The van der Waals surface area contributed by atoms with Crippen LogP contribution in [0, 0.1) is 0 Å². The van der Waals surface area contributed by atoms with Crippen LogP contribution in [0.5, 0.6) is 5.75 Å². The number of carbonyl (C=O) groups is 1. The van der Waals surface area contributed by atoms with Crippen LogP contribution >= 0.6 is 0 Å². The van der Waals surface area contributed by atoms with Crippen LogP contribution in [0.15, 0.2) is 24.3 Å². The van der Waals surface area contributed by atoms with Gasteiger partial charge in [0.15, 0.2) is 0 Å². The zero-order valence-electron chi connectivity index (χ0n) is 8.60. The van der Waals surface area contributed by atoms with Crippen LogP contribution in [0.25, 0.3) is 0 Å². The number of hydrogen-bond donors (Lipinski definition) is 1. The van der Waals surface area contributed by atoms with Crippen molar-refractivity contribution in [3.05, 3.63) is 29.8 Å². The van der Waals surface area contributed by atoms with Crippen LogP contribution in [0.2, 0.25) is 0 Å². The van der Waals surface area contributed by atoms with Crippen molar-refractivity contribution in [3.8, 4) is 5.75 Å². The van der Waals surface area contributed by atoms with E-state index < -0.39 is 5.97 Å². The molecule has 0 fully saturated rings. The first kappa shape index (κ1) is 11.5. The maximum atomic E-state index is 10.2. The Bertz CT molecular complexity index is 322. The summed E-state index contributed by atoms with van der Waals surface area (Å²) in [5, 5.41) is 8.41. The Kier molecular flexibility index (Phi) is 4.63. The van der Waals surface area contributed by atoms with E-state index in [2.05, 4.69) is 0 Å². The lowest BCUT2D eigenvalue weighted by atomic mass is 10.2. The van der Waals surface area contributed by atoms with Crippen molar-refractivity contribution < 1.29 is 19.4 Å². The molecule has 15 heavy (non-hydrogen) atoms. The Morgan fingerprint density at radius 1 is 1.40 bits per heavy atom. The van der Waals surface area contributed by atoms with E-state index >= 15 is 0 Å². The molecule has 4 heteroatoms. The number of benzene rings is 1. The molecule has 0 bridgehead atoms. The molecular weight excluding hydrogens is 196 g/mol. The van der Waals surface area contributed by atoms with Crippen molar-refractivity contribution in [2.75, 3.05) is 13.2 Å². The van der Waals surface area contributed by atoms with Gasteiger partial charge in [-0.2, -0.15) is 0 Å². The fourth-order valence-electron chi connectivity index (χ4n) is 1.17. The van der Waals surface area contributed by atoms with Gasteiger partial charge < -0.3 is 14.6 Å². The monoisotopic (exact) mass is 210 g/mol. The van der Waals surface area contributed by atoms with Gasteiger partial charge in [0.1, 0.15) is 12.4 Å². The van der Waals surface area contributed by atoms with Crippen molar-refractivity contribution in [3.63, 3.8) is 0 Å². The minimum Gasteiger partial charge on any atom is -0.494 e. The summed E-state index contributed by atoms with van der Waals surface area (Å²) in [5.41, 5.74) is 0.862. The number of para-hydroxylation sites is 1. The molecule has 0 unspecified atom stereocenters. The summed E-state index contributed by atoms with van der Waals surface area (Å²) in [6.07, 6.45) is 0. The summed E-state index contributed by atoms with van der Waals surface area (Å²) >= 11 is 0. The molecule has 0 heterocycles. The summed E-state index contributed by atoms with van der Waals surface area (Å²) in [4.78, 5) is 10.2. The SMILES string of the molecule is CCOc1ccccc1COCC(=O)O. The molecule has 82 valence electrons. The molecule has 1 aromatic rings. The third-order valence-electron chi connectivity index (χ3n) is 1.76. The first-order valence-corrected chi connectivity index (χ1v) is 4.74. The Hall–Kier alpha value is -1.55. The Morgan fingerprint density at radius 2 is 2.13 bits per heavy atom. The highest BCUT2D eigenvalue weighted by Gasteiger charge is 2.03. The highest BCUT2D eigenvalue weighted by Crippen LogP contribution is 2.18. The quantitative estimate of drug-likeness (QED) is 0.776. The normalized spacial score (nSPS) is 9.93. The predicted molar refractivity (Wildman–Crippen MR) is 54.9 cm³/mol. The van der Waals surface area contributed by atoms with Crippen molar-refractivity contribution in [2.24, 2.45) is 0 Å². The van der Waals surface area contributed by atoms with E-state index in [0.29, 0.717) is 6.61 Å². The maximum Gasteiger partial charge on any atom is 0.329 e. The van der Waals surface area contributed by atoms with E-state index in [-0.39, 0.29) is 13.2 Å². The summed E-state index contributed by atoms with van der Waals surface area (Å²) < 4.78 is 10.4. The standard InChI is InChI=1S/C11H14O4/c1-2-15-10-6-4-3-5-9(10)7-14-8-11(12)13/h3-6H,2,7-8H2,1H3,(H,12,13). The minimum absolute atomic E-state index is 0.252. The van der Waals surface area contributed by atoms with E-state index in [4.69, 9.17) is 14.6 Å². The molecule has 1 rings (SSSR count). The molecule has 0 amide bonds. The van der Waals surface area contributed by atoms with Crippen molar-refractivity contribution in [1.29, 1.82) is 0 Å². The number of rotatable bonds is 6. The lowest BCUT2D eigenvalue weighted by Gasteiger charge is -2.09. The van der Waals surface area contributed by atoms with Crippen LogP contribution in [0.4, 0.5) is 0 Å². The molecule has 0 aliphatic heterocycles. The van der Waals surface area contributed by atoms with Gasteiger partial charge in [0.2, 0.25) is 0 Å². The zero-order valence-corrected chi connectivity index (χ0v) is 8.60. The van der Waals surface area contributed by atoms with E-state index in [0.717, 1.165) is 11.3 Å². The number of carboxylic acids is 1. The molecule has 0 radical (unpaired) electrons. The molecule has 1 N–H and O–H groups in total. The van der Waals surface area contributed by atoms with Crippen LogP contribution in [0.1, 0.15) is 12.5 Å². The fourth-order valence-corrected chi connectivity index (χ4v) is 1.17. The van der Waals surface area contributed by atoms with Gasteiger partial charge in [-0.25, -0.2) is 4.79 Å². The largest absolute Gasteiger partial charge is 0.494 e. The van der Waals surface area contributed by atoms with Gasteiger partial charge in [0, 0.05) is 5.56 Å². The summed E-state index contributed by atoms with van der Waals surface area (Å²) in [6.45, 7) is 2.44. The highest BCUT2D eigenvalue weighted by molar-refractivity contribution is 5.68. The van der Waals surface area contributed by atoms with Gasteiger partial charge in [-0.3, -0.25) is 0 Å². The zero-order chi connectivity index (χ0) is 11.1. The summed E-state index contributed by atoms with van der Waals surface area (Å²) in [6, 6.07) is 7.42. The Balaban J connectivity index is 2.55. The lowest BCUT2D eigenvalue weighted by molar-refractivity contribution is -0.142. The van der Waals surface area contributed by atoms with Crippen LogP contribution in [-0.4, -0.2) is 24.3 Å². The first-order chi connectivity index (χ1) is 7.24. The molecule has 0 saturated heterocycles. The third kappa shape index (κ3) is 3.99. The van der Waals surface area contributed by atoms with Gasteiger partial charge >= 0.3 is 5.97 Å². The first-order valence-electron chi connectivity index (χ1n) is 4.74. The maximum absolute atomic E-state index is 10.2. The molecule has 0 spiro atoms. The average Bonchev–Trinajstić information content (AvgIpc) is 2.20. The second kappa shape index (κ2) is 6.03. The topological polar surface area (TPSA) is 55.8 Å². The smallest absolute Gasteiger partial charge is 0.329 e. The second-order valence-corrected chi connectivity index (χ2v) is 2.93. The van der Waals surface area contributed by atoms with Crippen LogP contribution in [-0.2, 0) is 16.1 Å². The molecule has 0 aliphatic carbocycles. The third-order valence-corrected chi connectivity index (χ3v) is 1.76. The Morgan fingerprint density at radius 3 is 2.80 bits per heavy atom. The van der Waals surface area contributed by atoms with Gasteiger partial charge in [-0.15, -0.1) is 0 Å². The number of carboxylic acid groups (broad SMARTS) is 1. The van der Waals surface area contributed by atoms with E-state index in [9.17, 15) is 4.79 Å². The fraction of sp³-hybridized carbons (Fsp3) is 0.364. The number of ether oxygens (including phenoxy) is 2. The van der Waals surface area contributed by atoms with Crippen molar-refractivity contribution in [1.82, 2.24) is 0 Å². The summed E-state index contributed by atoms with van der Waals surface area (Å²) in [5.74, 6) is -0.228. The van der Waals surface area contributed by atoms with E-state index in [1.54, 1.807) is 0 Å². The van der Waals surface area contributed by atoms with Gasteiger partial charge in [0.25, 0.3) is 0 Å². The van der Waals surface area contributed by atoms with E-state index in [1.165, 1.54) is 0 Å². The molecule has 0 aromatic heterocycles. The molecule has 1 aromatic carbocycles. The molecular formula is C11H14O4. The Labute approximate surface area is 88.4 Å². The van der Waals surface area contributed by atoms with Gasteiger partial charge in [-0.05, 0) is 13.0 Å². The van der Waals surface area contributed by atoms with Gasteiger partial charge in [-0.1, -0.05) is 18.2 Å². The molecule has 0 saturated carbocycles. The predicted octanol–water partition coefficient (Wildman–Crippen LogP) is 1.69. The van der Waals surface area contributed by atoms with Crippen LogP contribution < -0.4 is 4.74 Å². The average molecular weight is 210 g/mol. The van der Waals surface area contributed by atoms with Crippen LogP contribution in [0.3, 0.4) is 0 Å². The van der Waals surface area contributed by atoms with Crippen molar-refractivity contribution >= 4 is 5.97 Å². The van der Waals surface area contributed by atoms with Crippen molar-refractivity contribution in [2.45, 2.75) is 13.5 Å². The second-order valence-electron chi connectivity index (χ2n) is 2.93. The highest BCUT2D eigenvalue weighted by atomic mass is 16.5. The number of hydrogen-bond acceptors (Lipinski definition) is 3. The molecule has 0 aliphatic rings. The minimum atomic E-state index is -0.969. The summed E-state index contributed by atoms with van der Waals surface area (Å²) in [7, 11) is 0. The lowest BCUT2D eigenvalue weighted by Crippen LogP contribution is -2.07.